The lowest BCUT2D eigenvalue weighted by Gasteiger charge is -2.24. The Morgan fingerprint density at radius 1 is 1.16 bits per heavy atom. The van der Waals surface area contributed by atoms with Gasteiger partial charge in [-0.05, 0) is 42.2 Å². The van der Waals surface area contributed by atoms with Crippen LogP contribution in [-0.4, -0.2) is 30.1 Å². The van der Waals surface area contributed by atoms with Crippen LogP contribution < -0.4 is 0 Å². The second kappa shape index (κ2) is 8.84. The molecule has 1 unspecified atom stereocenters. The number of hydrogen-bond acceptors (Lipinski definition) is 2. The van der Waals surface area contributed by atoms with E-state index in [2.05, 4.69) is 0 Å². The molecule has 4 heteroatoms. The molecule has 130 valence electrons. The van der Waals surface area contributed by atoms with Crippen LogP contribution in [0.25, 0.3) is 6.08 Å². The molecule has 1 heterocycles. The summed E-state index contributed by atoms with van der Waals surface area (Å²) in [6, 6.07) is 17.5. The molecule has 0 aromatic heterocycles. The van der Waals surface area contributed by atoms with E-state index in [1.807, 2.05) is 65.6 Å². The van der Waals surface area contributed by atoms with Crippen LogP contribution in [0.5, 0.6) is 0 Å². The van der Waals surface area contributed by atoms with E-state index in [9.17, 15) is 4.79 Å². The van der Waals surface area contributed by atoms with Crippen molar-refractivity contribution < 1.29 is 9.53 Å². The second-order valence-electron chi connectivity index (χ2n) is 6.22. The van der Waals surface area contributed by atoms with E-state index in [4.69, 9.17) is 16.3 Å². The van der Waals surface area contributed by atoms with Crippen LogP contribution in [0.3, 0.4) is 0 Å². The average molecular weight is 356 g/mol. The zero-order valence-corrected chi connectivity index (χ0v) is 14.9. The van der Waals surface area contributed by atoms with Gasteiger partial charge in [0.1, 0.15) is 0 Å². The highest BCUT2D eigenvalue weighted by molar-refractivity contribution is 6.30. The van der Waals surface area contributed by atoms with Crippen LogP contribution in [0.2, 0.25) is 5.02 Å². The summed E-state index contributed by atoms with van der Waals surface area (Å²) < 4.78 is 5.71. The number of halogens is 1. The average Bonchev–Trinajstić information content (AvgIpc) is 3.15. The van der Waals surface area contributed by atoms with Crippen LogP contribution in [0.4, 0.5) is 0 Å². The quantitative estimate of drug-likeness (QED) is 0.711. The van der Waals surface area contributed by atoms with Gasteiger partial charge < -0.3 is 9.64 Å². The first-order valence-electron chi connectivity index (χ1n) is 8.59. The van der Waals surface area contributed by atoms with E-state index < -0.39 is 0 Å². The van der Waals surface area contributed by atoms with E-state index in [1.54, 1.807) is 6.08 Å². The van der Waals surface area contributed by atoms with Gasteiger partial charge in [-0.15, -0.1) is 0 Å². The number of carbonyl (C=O) groups is 1. The molecular weight excluding hydrogens is 334 g/mol. The number of ether oxygens (including phenoxy) is 1. The molecule has 1 saturated heterocycles. The Morgan fingerprint density at radius 2 is 1.92 bits per heavy atom. The topological polar surface area (TPSA) is 29.5 Å². The van der Waals surface area contributed by atoms with Gasteiger partial charge in [-0.25, -0.2) is 0 Å². The standard InChI is InChI=1S/C21H22ClNO2/c22-19-11-8-18(9-12-19)15-23(16-20-7-4-14-25-20)21(24)13-10-17-5-2-1-3-6-17/h1-3,5-6,8-13,20H,4,7,14-16H2. The van der Waals surface area contributed by atoms with Crippen LogP contribution in [0.15, 0.2) is 60.7 Å². The molecular formula is C21H22ClNO2. The van der Waals surface area contributed by atoms with Crippen molar-refractivity contribution in [3.63, 3.8) is 0 Å². The maximum absolute atomic E-state index is 12.7. The van der Waals surface area contributed by atoms with E-state index in [0.717, 1.165) is 30.6 Å². The van der Waals surface area contributed by atoms with E-state index in [0.29, 0.717) is 18.1 Å². The van der Waals surface area contributed by atoms with Crippen molar-refractivity contribution in [2.24, 2.45) is 0 Å². The van der Waals surface area contributed by atoms with Crippen LogP contribution >= 0.6 is 11.6 Å². The fourth-order valence-corrected chi connectivity index (χ4v) is 3.04. The van der Waals surface area contributed by atoms with E-state index in [1.165, 1.54) is 0 Å². The normalized spacial score (nSPS) is 17.1. The van der Waals surface area contributed by atoms with E-state index >= 15 is 0 Å². The number of benzene rings is 2. The summed E-state index contributed by atoms with van der Waals surface area (Å²) in [7, 11) is 0. The molecule has 0 spiro atoms. The van der Waals surface area contributed by atoms with Gasteiger partial charge in [-0.2, -0.15) is 0 Å². The molecule has 0 N–H and O–H groups in total. The van der Waals surface area contributed by atoms with Gasteiger partial charge in [0.15, 0.2) is 0 Å². The molecule has 0 radical (unpaired) electrons. The summed E-state index contributed by atoms with van der Waals surface area (Å²) in [4.78, 5) is 14.6. The van der Waals surface area contributed by atoms with Crippen molar-refractivity contribution in [1.82, 2.24) is 4.90 Å². The third-order valence-corrected chi connectivity index (χ3v) is 4.52. The summed E-state index contributed by atoms with van der Waals surface area (Å²) in [6.45, 7) is 1.95. The molecule has 1 aliphatic heterocycles. The fourth-order valence-electron chi connectivity index (χ4n) is 2.91. The van der Waals surface area contributed by atoms with Gasteiger partial charge in [-0.3, -0.25) is 4.79 Å². The molecule has 2 aromatic rings. The van der Waals surface area contributed by atoms with Crippen LogP contribution in [0.1, 0.15) is 24.0 Å². The van der Waals surface area contributed by atoms with Crippen molar-refractivity contribution in [3.8, 4) is 0 Å². The lowest BCUT2D eigenvalue weighted by molar-refractivity contribution is -0.128. The maximum atomic E-state index is 12.7. The third kappa shape index (κ3) is 5.45. The number of nitrogens with zero attached hydrogens (tertiary/aromatic N) is 1. The highest BCUT2D eigenvalue weighted by atomic mass is 35.5. The van der Waals surface area contributed by atoms with E-state index in [-0.39, 0.29) is 12.0 Å². The Hall–Kier alpha value is -2.10. The van der Waals surface area contributed by atoms with Gasteiger partial charge in [0, 0.05) is 30.8 Å². The summed E-state index contributed by atoms with van der Waals surface area (Å²) in [5, 5.41) is 0.699. The predicted octanol–water partition coefficient (Wildman–Crippen LogP) is 4.56. The van der Waals surface area contributed by atoms with Gasteiger partial charge in [0.25, 0.3) is 0 Å². The van der Waals surface area contributed by atoms with Gasteiger partial charge >= 0.3 is 0 Å². The first-order chi connectivity index (χ1) is 12.2. The molecule has 0 bridgehead atoms. The van der Waals surface area contributed by atoms with Gasteiger partial charge in [-0.1, -0.05) is 54.1 Å². The number of carbonyl (C=O) groups excluding carboxylic acids is 1. The number of hydrogen-bond donors (Lipinski definition) is 0. The van der Waals surface area contributed by atoms with Crippen molar-refractivity contribution in [2.75, 3.05) is 13.2 Å². The zero-order valence-electron chi connectivity index (χ0n) is 14.1. The minimum atomic E-state index is -0.00527. The zero-order chi connectivity index (χ0) is 17.5. The van der Waals surface area contributed by atoms with Crippen molar-refractivity contribution >= 4 is 23.6 Å². The van der Waals surface area contributed by atoms with Crippen LogP contribution in [0, 0.1) is 0 Å². The molecule has 3 rings (SSSR count). The maximum Gasteiger partial charge on any atom is 0.246 e. The monoisotopic (exact) mass is 355 g/mol. The largest absolute Gasteiger partial charge is 0.376 e. The first-order valence-corrected chi connectivity index (χ1v) is 8.96. The van der Waals surface area contributed by atoms with Gasteiger partial charge in [0.05, 0.1) is 6.10 Å². The number of rotatable bonds is 6. The first kappa shape index (κ1) is 17.7. The Balaban J connectivity index is 1.71. The minimum absolute atomic E-state index is 0.00527. The molecule has 0 aliphatic carbocycles. The Labute approximate surface area is 153 Å². The predicted molar refractivity (Wildman–Crippen MR) is 101 cm³/mol. The third-order valence-electron chi connectivity index (χ3n) is 4.26. The lowest BCUT2D eigenvalue weighted by Crippen LogP contribution is -2.35. The Morgan fingerprint density at radius 3 is 2.60 bits per heavy atom. The Bertz CT molecular complexity index is 706. The van der Waals surface area contributed by atoms with Crippen molar-refractivity contribution in [2.45, 2.75) is 25.5 Å². The van der Waals surface area contributed by atoms with Crippen molar-refractivity contribution in [1.29, 1.82) is 0 Å². The Kier molecular flexibility index (Phi) is 6.26. The summed E-state index contributed by atoms with van der Waals surface area (Å²) >= 11 is 5.95. The molecule has 1 aliphatic rings. The summed E-state index contributed by atoms with van der Waals surface area (Å²) in [5.41, 5.74) is 2.07. The molecule has 2 aromatic carbocycles. The highest BCUT2D eigenvalue weighted by Gasteiger charge is 2.21. The number of amides is 1. The molecule has 1 fully saturated rings. The van der Waals surface area contributed by atoms with Crippen LogP contribution in [-0.2, 0) is 16.1 Å². The minimum Gasteiger partial charge on any atom is -0.376 e. The molecule has 25 heavy (non-hydrogen) atoms. The van der Waals surface area contributed by atoms with Crippen molar-refractivity contribution in [3.05, 3.63) is 76.8 Å². The SMILES string of the molecule is O=C(C=Cc1ccccc1)N(Cc1ccc(Cl)cc1)CC1CCCO1. The lowest BCUT2D eigenvalue weighted by atomic mass is 10.1. The fraction of sp³-hybridized carbons (Fsp3) is 0.286. The second-order valence-corrected chi connectivity index (χ2v) is 6.66. The smallest absolute Gasteiger partial charge is 0.246 e. The molecule has 1 atom stereocenters. The molecule has 1 amide bonds. The van der Waals surface area contributed by atoms with Gasteiger partial charge in [0.2, 0.25) is 5.91 Å². The molecule has 0 saturated carbocycles. The highest BCUT2D eigenvalue weighted by Crippen LogP contribution is 2.17. The summed E-state index contributed by atoms with van der Waals surface area (Å²) in [5.74, 6) is -0.00527. The summed E-state index contributed by atoms with van der Waals surface area (Å²) in [6.07, 6.45) is 5.69. The molecule has 3 nitrogen and oxygen atoms in total.